The molecule has 2 aromatic rings. The molecule has 26 nitrogen and oxygen atoms in total. The molecule has 0 spiro atoms. The third kappa shape index (κ3) is 29.6. The quantitative estimate of drug-likeness (QED) is 0.182. The monoisotopic (exact) mass is 1850 g/mol. The molecular weight excluding hydrogens is 1820 g/mol. The molecule has 1 saturated heterocycles. The lowest BCUT2D eigenvalue weighted by atomic mass is 10.5. The van der Waals surface area contributed by atoms with Gasteiger partial charge in [0.1, 0.15) is 19.4 Å². The topological polar surface area (TPSA) is 285 Å². The molecule has 98 heavy (non-hydrogen) atoms. The number of hydrogen-bond acceptors (Lipinski definition) is 24. The fourth-order valence-corrected chi connectivity index (χ4v) is 41.0. The van der Waals surface area contributed by atoms with Gasteiger partial charge in [0.25, 0.3) is 0 Å². The largest absolute Gasteiger partial charge is 0.424 e. The molecule has 0 aliphatic carbocycles. The highest BCUT2D eigenvalue weighted by atomic mass is 31.3. The van der Waals surface area contributed by atoms with Gasteiger partial charge in [-0.25, -0.2) is 24.5 Å². The summed E-state index contributed by atoms with van der Waals surface area (Å²) in [5.74, 6) is 0. The van der Waals surface area contributed by atoms with Crippen LogP contribution in [0.2, 0.25) is 0 Å². The molecule has 7 aliphatic rings. The Bertz CT molecular complexity index is 4220. The van der Waals surface area contributed by atoms with E-state index in [0.717, 1.165) is 42.8 Å². The number of alkyl halides is 6. The Morgan fingerprint density at radius 2 is 0.694 bits per heavy atom. The highest BCUT2D eigenvalue weighted by Gasteiger charge is 2.51. The Labute approximate surface area is 525 Å². The van der Waals surface area contributed by atoms with Gasteiger partial charge in [-0.2, -0.15) is 51.5 Å². The van der Waals surface area contributed by atoms with E-state index in [1.807, 2.05) is 27.7 Å². The van der Waals surface area contributed by atoms with E-state index in [9.17, 15) is 152 Å². The van der Waals surface area contributed by atoms with Crippen LogP contribution in [-0.4, -0.2) is 88.3 Å². The maximum Gasteiger partial charge on any atom is 0.424 e. The minimum Gasteiger partial charge on any atom is -0.379 e. The van der Waals surface area contributed by atoms with Crippen molar-refractivity contribution in [2.75, 3.05) is 53.0 Å². The van der Waals surface area contributed by atoms with Crippen molar-refractivity contribution in [3.63, 3.8) is 0 Å². The summed E-state index contributed by atoms with van der Waals surface area (Å²) < 4.78 is 505. The van der Waals surface area contributed by atoms with Crippen molar-refractivity contribution in [1.29, 1.82) is 0 Å². The van der Waals surface area contributed by atoms with Gasteiger partial charge in [-0.3, -0.25) is 8.68 Å². The fourth-order valence-electron chi connectivity index (χ4n) is 5.89. The van der Waals surface area contributed by atoms with Gasteiger partial charge in [0.05, 0.1) is 13.2 Å². The molecule has 9 heterocycles. The van der Waals surface area contributed by atoms with Crippen LogP contribution >= 0.6 is 140 Å². The van der Waals surface area contributed by atoms with Gasteiger partial charge in [0, 0.05) is 44.4 Å². The second-order valence-electron chi connectivity index (χ2n) is 16.5. The molecule has 0 amide bonds. The summed E-state index contributed by atoms with van der Waals surface area (Å²) >= 11 is 0. The van der Waals surface area contributed by atoms with Crippen molar-refractivity contribution >= 4 is 140 Å². The number of hydrogen-bond donors (Lipinski definition) is 2. The Morgan fingerprint density at radius 1 is 0.378 bits per heavy atom. The number of aromatic nitrogens is 3. The number of nitrogens with one attached hydrogen (secondary N) is 2. The molecule has 0 saturated carbocycles. The van der Waals surface area contributed by atoms with E-state index in [1.54, 1.807) is 14.1 Å². The van der Waals surface area contributed by atoms with E-state index in [0.29, 0.717) is 8.68 Å². The number of ether oxygens (including phenoxy) is 1. The summed E-state index contributed by atoms with van der Waals surface area (Å²) in [5.41, 5.74) is 0. The van der Waals surface area contributed by atoms with Crippen LogP contribution < -0.4 is 10.2 Å². The summed E-state index contributed by atoms with van der Waals surface area (Å²) in [7, 11) is -97.4. The first-order valence-electron chi connectivity index (χ1n) is 22.6. The number of morpholine rings is 1. The standard InChI is InChI=1S/C4H4F11N4P3.C4H8F5N4OP3.C4H4F5N4P3.C3H3F5N5P3.C2H6F5N4P3.CH4F5N4P3/c5-3(6,7)1-19(2-4(8,9)10)22(15)17-20(11,12)16-21(13,14)18-22;5-15(6)10-16(7,8)12-17(9,11-15)13-1-3-14-4-2-13;5-14(6)10-15(7,8)12-16(9,11-14)13-3-1-2-4-13;4-14(5)10-15(6,7)12-16(8,11-14)13-2-1-9-3-13;1-2-8-14(7)10-12(3,4)9-13(5,6)11-14;1-7-13(6)9-11(2,3)8-12(4,5)10-13/h1-2H2;1-4H2;1-4H;1-3H;8H,2H2,1H3;7H,1H3. The van der Waals surface area contributed by atoms with E-state index in [4.69, 9.17) is 4.74 Å². The van der Waals surface area contributed by atoms with Gasteiger partial charge in [0.15, 0.2) is 0 Å². The van der Waals surface area contributed by atoms with Crippen molar-refractivity contribution in [3.8, 4) is 0 Å². The van der Waals surface area contributed by atoms with Crippen LogP contribution in [-0.2, 0) is 4.74 Å². The Kier molecular flexibility index (Phi) is 29.1. The maximum atomic E-state index is 14.1. The highest BCUT2D eigenvalue weighted by molar-refractivity contribution is 7.82. The van der Waals surface area contributed by atoms with Gasteiger partial charge in [-0.15, -0.1) is 182 Å². The molecule has 2 aromatic heterocycles. The molecule has 0 bridgehead atoms. The average Bonchev–Trinajstić information content (AvgIpc) is 1.02. The number of halogens is 36. The van der Waals surface area contributed by atoms with Gasteiger partial charge >= 0.3 is 152 Å². The van der Waals surface area contributed by atoms with Gasteiger partial charge in [-0.1, -0.05) is 6.92 Å². The predicted molar refractivity (Wildman–Crippen MR) is 308 cm³/mol. The van der Waals surface area contributed by atoms with Crippen LogP contribution in [0.25, 0.3) is 0 Å². The summed E-state index contributed by atoms with van der Waals surface area (Å²) in [5, 5.41) is 3.46. The predicted octanol–water partition coefficient (Wildman–Crippen LogP) is 33.8. The number of nitrogens with zero attached hydrogens (tertiary/aromatic N) is 23. The third-order valence-electron chi connectivity index (χ3n) is 8.71. The van der Waals surface area contributed by atoms with Crippen molar-refractivity contribution < 1.29 is 157 Å². The molecule has 7 aliphatic heterocycles. The lowest BCUT2D eigenvalue weighted by Gasteiger charge is -2.31. The van der Waals surface area contributed by atoms with Gasteiger partial charge < -0.3 is 4.74 Å². The lowest BCUT2D eigenvalue weighted by molar-refractivity contribution is -0.165. The first-order valence-corrected chi connectivity index (χ1v) is 49.7. The normalized spacial score (nSPS) is 32.3. The van der Waals surface area contributed by atoms with E-state index >= 15 is 0 Å². The van der Waals surface area contributed by atoms with Crippen molar-refractivity contribution in [2.24, 2.45) is 81.3 Å². The zero-order valence-corrected chi connectivity index (χ0v) is 61.4. The van der Waals surface area contributed by atoms with Crippen LogP contribution in [0.15, 0.2) is 125 Å². The SMILES string of the molecule is CCNP1(F)=NP(F)(F)=NP(F)(F)=N1.CNP1(F)=NP(F)(F)=NP(F)(F)=N1.FC(F)(F)CN(CC(F)(F)F)P1(F)=NP(F)(F)=NP(F)(F)=N1.FP1(F)=NP(F)(F)=NP(F)(N2CCOCC2)=N1.FP1(F)=NP(F)(F)=NP(F)(n2cccc2)=N1.FP1(F)=NP(F)(F)=NP(F)(n2ccnc2)=N1. The van der Waals surface area contributed by atoms with Gasteiger partial charge in [-0.05, 0) is 19.2 Å². The molecule has 0 radical (unpaired) electrons. The van der Waals surface area contributed by atoms with E-state index in [1.165, 1.54) is 23.6 Å². The zero-order valence-electron chi connectivity index (χ0n) is 45.3. The molecule has 6 atom stereocenters. The average molecular weight is 1850 g/mol. The molecule has 2 N–H and O–H groups in total. The molecule has 80 heteroatoms. The molecule has 6 unspecified atom stereocenters. The van der Waals surface area contributed by atoms with Gasteiger partial charge in [0.2, 0.25) is 0 Å². The molecule has 9 rings (SSSR count). The summed E-state index contributed by atoms with van der Waals surface area (Å²) in [6, 6.07) is 2.62. The second kappa shape index (κ2) is 31.6. The smallest absolute Gasteiger partial charge is 0.379 e. The molecule has 1 fully saturated rings. The molecule has 0 aromatic carbocycles. The summed E-state index contributed by atoms with van der Waals surface area (Å²) in [6.07, 6.45) is -6.13. The molecular formula is C18H29F36N25OP18. The zero-order chi connectivity index (χ0) is 75.8. The first-order chi connectivity index (χ1) is 43.5. The van der Waals surface area contributed by atoms with E-state index < -0.39 is 170 Å². The minimum atomic E-state index is -6.41. The van der Waals surface area contributed by atoms with Crippen molar-refractivity contribution in [3.05, 3.63) is 43.2 Å². The fraction of sp³-hybridized carbons (Fsp3) is 0.611. The number of imidazole rings is 1. The van der Waals surface area contributed by atoms with Crippen LogP contribution in [0.5, 0.6) is 0 Å². The second-order valence-corrected chi connectivity index (χ2v) is 49.2. The Hall–Kier alpha value is -0.0900. The van der Waals surface area contributed by atoms with Crippen LogP contribution in [0.4, 0.5) is 152 Å². The van der Waals surface area contributed by atoms with E-state index in [-0.39, 0.29) is 32.8 Å². The van der Waals surface area contributed by atoms with Crippen molar-refractivity contribution in [2.45, 2.75) is 19.3 Å². The third-order valence-corrected chi connectivity index (χ3v) is 45.5. The lowest BCUT2D eigenvalue weighted by Crippen LogP contribution is -2.37. The Balaban J connectivity index is 0.000000252. The van der Waals surface area contributed by atoms with Crippen LogP contribution in [0, 0.1) is 0 Å². The van der Waals surface area contributed by atoms with Crippen LogP contribution in [0.3, 0.4) is 0 Å². The summed E-state index contributed by atoms with van der Waals surface area (Å²) in [4.78, 5) is 3.37. The highest BCUT2D eigenvalue weighted by Crippen LogP contribution is 2.87. The molecule has 574 valence electrons. The Morgan fingerprint density at radius 3 is 1.03 bits per heavy atom. The minimum absolute atomic E-state index is 0.0721. The maximum absolute atomic E-state index is 14.1. The van der Waals surface area contributed by atoms with E-state index in [2.05, 4.69) is 50.1 Å². The van der Waals surface area contributed by atoms with Crippen molar-refractivity contribution in [1.82, 2.24) is 33.2 Å². The summed E-state index contributed by atoms with van der Waals surface area (Å²) in [6.45, 7) is -4.13. The number of rotatable bonds is 9. The van der Waals surface area contributed by atoms with Crippen LogP contribution in [0.1, 0.15) is 6.92 Å². The first kappa shape index (κ1) is 90.3.